The van der Waals surface area contributed by atoms with Gasteiger partial charge in [-0.25, -0.2) is 0 Å². The van der Waals surface area contributed by atoms with Gasteiger partial charge in [0.2, 0.25) is 11.8 Å². The number of carbonyl (C=O) groups is 2. The third-order valence-electron chi connectivity index (χ3n) is 2.97. The molecule has 5 N–H and O–H groups in total. The standard InChI is InChI=1S/C13H19N3O2/c1-3-8(2)11(14)13(18)16-10-6-4-5-9(7-10)12(15)17/h4-8,11H,3,14H2,1-2H3,(H2,15,17)(H,16,18)/t8-,11-/m0/s1. The third-order valence-corrected chi connectivity index (χ3v) is 2.97. The highest BCUT2D eigenvalue weighted by Gasteiger charge is 2.19. The fraction of sp³-hybridized carbons (Fsp3) is 0.385. The Morgan fingerprint density at radius 2 is 2.06 bits per heavy atom. The monoisotopic (exact) mass is 249 g/mol. The van der Waals surface area contributed by atoms with Crippen molar-refractivity contribution in [1.29, 1.82) is 0 Å². The molecule has 18 heavy (non-hydrogen) atoms. The van der Waals surface area contributed by atoms with E-state index in [-0.39, 0.29) is 11.8 Å². The van der Waals surface area contributed by atoms with E-state index < -0.39 is 11.9 Å². The molecular weight excluding hydrogens is 230 g/mol. The highest BCUT2D eigenvalue weighted by atomic mass is 16.2. The molecule has 1 rings (SSSR count). The molecule has 0 saturated carbocycles. The number of carbonyl (C=O) groups excluding carboxylic acids is 2. The Morgan fingerprint density at radius 3 is 2.61 bits per heavy atom. The number of hydrogen-bond acceptors (Lipinski definition) is 3. The summed E-state index contributed by atoms with van der Waals surface area (Å²) < 4.78 is 0. The van der Waals surface area contributed by atoms with Crippen LogP contribution in [0.4, 0.5) is 5.69 Å². The zero-order valence-electron chi connectivity index (χ0n) is 10.6. The minimum absolute atomic E-state index is 0.101. The summed E-state index contributed by atoms with van der Waals surface area (Å²) in [6.45, 7) is 3.90. The Bertz CT molecular complexity index is 446. The molecule has 0 radical (unpaired) electrons. The van der Waals surface area contributed by atoms with Crippen molar-refractivity contribution in [3.63, 3.8) is 0 Å². The molecule has 1 aromatic carbocycles. The van der Waals surface area contributed by atoms with Crippen LogP contribution in [-0.4, -0.2) is 17.9 Å². The first-order chi connectivity index (χ1) is 8.45. The van der Waals surface area contributed by atoms with Crippen LogP contribution in [0, 0.1) is 5.92 Å². The summed E-state index contributed by atoms with van der Waals surface area (Å²) in [5.41, 5.74) is 11.9. The van der Waals surface area contributed by atoms with E-state index in [1.54, 1.807) is 18.2 Å². The van der Waals surface area contributed by atoms with Gasteiger partial charge in [-0.15, -0.1) is 0 Å². The molecule has 2 atom stereocenters. The molecule has 5 nitrogen and oxygen atoms in total. The first-order valence-corrected chi connectivity index (χ1v) is 5.92. The number of nitrogens with one attached hydrogen (secondary N) is 1. The van der Waals surface area contributed by atoms with E-state index in [4.69, 9.17) is 11.5 Å². The molecule has 0 aliphatic heterocycles. The van der Waals surface area contributed by atoms with Gasteiger partial charge in [-0.05, 0) is 24.1 Å². The minimum Gasteiger partial charge on any atom is -0.366 e. The fourth-order valence-electron chi connectivity index (χ4n) is 1.49. The van der Waals surface area contributed by atoms with Crippen molar-refractivity contribution in [3.8, 4) is 0 Å². The van der Waals surface area contributed by atoms with Crippen LogP contribution in [0.25, 0.3) is 0 Å². The predicted molar refractivity (Wildman–Crippen MR) is 71.0 cm³/mol. The zero-order valence-corrected chi connectivity index (χ0v) is 10.6. The Labute approximate surface area is 107 Å². The molecule has 1 aromatic rings. The van der Waals surface area contributed by atoms with Crippen molar-refractivity contribution >= 4 is 17.5 Å². The second-order valence-corrected chi connectivity index (χ2v) is 4.35. The normalized spacial score (nSPS) is 13.7. The summed E-state index contributed by atoms with van der Waals surface area (Å²) in [6.07, 6.45) is 0.829. The van der Waals surface area contributed by atoms with Gasteiger partial charge in [0.05, 0.1) is 6.04 Å². The zero-order chi connectivity index (χ0) is 13.7. The second-order valence-electron chi connectivity index (χ2n) is 4.35. The van der Waals surface area contributed by atoms with E-state index in [1.165, 1.54) is 6.07 Å². The summed E-state index contributed by atoms with van der Waals surface area (Å²) in [5.74, 6) is -0.687. The van der Waals surface area contributed by atoms with Gasteiger partial charge in [-0.1, -0.05) is 26.3 Å². The number of rotatable bonds is 5. The summed E-state index contributed by atoms with van der Waals surface area (Å²) in [7, 11) is 0. The molecule has 0 unspecified atom stereocenters. The van der Waals surface area contributed by atoms with Crippen LogP contribution < -0.4 is 16.8 Å². The molecule has 0 heterocycles. The van der Waals surface area contributed by atoms with Crippen molar-refractivity contribution in [1.82, 2.24) is 0 Å². The molecule has 0 spiro atoms. The summed E-state index contributed by atoms with van der Waals surface area (Å²) in [4.78, 5) is 22.9. The highest BCUT2D eigenvalue weighted by molar-refractivity contribution is 5.97. The molecule has 0 fully saturated rings. The summed E-state index contributed by atoms with van der Waals surface area (Å²) >= 11 is 0. The van der Waals surface area contributed by atoms with Gasteiger partial charge >= 0.3 is 0 Å². The van der Waals surface area contributed by atoms with E-state index >= 15 is 0 Å². The number of primary amides is 1. The molecule has 0 aliphatic rings. The van der Waals surface area contributed by atoms with Crippen LogP contribution in [0.5, 0.6) is 0 Å². The van der Waals surface area contributed by atoms with Crippen LogP contribution in [0.2, 0.25) is 0 Å². The average Bonchev–Trinajstić information content (AvgIpc) is 2.37. The van der Waals surface area contributed by atoms with Gasteiger partial charge < -0.3 is 16.8 Å². The largest absolute Gasteiger partial charge is 0.366 e. The lowest BCUT2D eigenvalue weighted by molar-refractivity contribution is -0.118. The van der Waals surface area contributed by atoms with Crippen molar-refractivity contribution in [2.24, 2.45) is 17.4 Å². The van der Waals surface area contributed by atoms with E-state index in [1.807, 2.05) is 13.8 Å². The molecule has 0 saturated heterocycles. The third kappa shape index (κ3) is 3.56. The first kappa shape index (κ1) is 14.2. The Balaban J connectivity index is 2.76. The average molecular weight is 249 g/mol. The maximum absolute atomic E-state index is 11.8. The number of benzene rings is 1. The molecule has 5 heteroatoms. The summed E-state index contributed by atoms with van der Waals surface area (Å²) in [6, 6.07) is 5.90. The van der Waals surface area contributed by atoms with E-state index in [0.717, 1.165) is 6.42 Å². The molecule has 98 valence electrons. The van der Waals surface area contributed by atoms with E-state index in [0.29, 0.717) is 11.3 Å². The quantitative estimate of drug-likeness (QED) is 0.728. The molecule has 0 aromatic heterocycles. The molecule has 0 aliphatic carbocycles. The lowest BCUT2D eigenvalue weighted by Crippen LogP contribution is -2.40. The Kier molecular flexibility index (Phi) is 4.85. The fourth-order valence-corrected chi connectivity index (χ4v) is 1.49. The smallest absolute Gasteiger partial charge is 0.248 e. The number of nitrogens with two attached hydrogens (primary N) is 2. The van der Waals surface area contributed by atoms with Gasteiger partial charge in [-0.3, -0.25) is 9.59 Å². The summed E-state index contributed by atoms with van der Waals surface area (Å²) in [5, 5.41) is 2.68. The first-order valence-electron chi connectivity index (χ1n) is 5.92. The maximum Gasteiger partial charge on any atom is 0.248 e. The van der Waals surface area contributed by atoms with Gasteiger partial charge in [0.25, 0.3) is 0 Å². The van der Waals surface area contributed by atoms with Crippen molar-refractivity contribution in [2.45, 2.75) is 26.3 Å². The topological polar surface area (TPSA) is 98.2 Å². The number of anilines is 1. The van der Waals surface area contributed by atoms with E-state index in [2.05, 4.69) is 5.32 Å². The van der Waals surface area contributed by atoms with Crippen molar-refractivity contribution < 1.29 is 9.59 Å². The lowest BCUT2D eigenvalue weighted by Gasteiger charge is -2.17. The van der Waals surface area contributed by atoms with Crippen molar-refractivity contribution in [2.75, 3.05) is 5.32 Å². The SMILES string of the molecule is CC[C@H](C)[C@H](N)C(=O)Nc1cccc(C(N)=O)c1. The van der Waals surface area contributed by atoms with Crippen LogP contribution in [0.3, 0.4) is 0 Å². The lowest BCUT2D eigenvalue weighted by atomic mass is 9.99. The van der Waals surface area contributed by atoms with Crippen molar-refractivity contribution in [3.05, 3.63) is 29.8 Å². The predicted octanol–water partition coefficient (Wildman–Crippen LogP) is 1.10. The van der Waals surface area contributed by atoms with Gasteiger partial charge in [-0.2, -0.15) is 0 Å². The Morgan fingerprint density at radius 1 is 1.39 bits per heavy atom. The van der Waals surface area contributed by atoms with Gasteiger partial charge in [0.15, 0.2) is 0 Å². The van der Waals surface area contributed by atoms with Crippen LogP contribution in [-0.2, 0) is 4.79 Å². The highest BCUT2D eigenvalue weighted by Crippen LogP contribution is 2.12. The second kappa shape index (κ2) is 6.16. The Hall–Kier alpha value is -1.88. The molecule has 2 amide bonds. The minimum atomic E-state index is -0.563. The molecule has 0 bridgehead atoms. The molecular formula is C13H19N3O2. The van der Waals surface area contributed by atoms with Crippen LogP contribution in [0.15, 0.2) is 24.3 Å². The number of amides is 2. The van der Waals surface area contributed by atoms with Gasteiger partial charge in [0, 0.05) is 11.3 Å². The van der Waals surface area contributed by atoms with Gasteiger partial charge in [0.1, 0.15) is 0 Å². The maximum atomic E-state index is 11.8. The van der Waals surface area contributed by atoms with Crippen LogP contribution >= 0.6 is 0 Å². The number of hydrogen-bond donors (Lipinski definition) is 3. The van der Waals surface area contributed by atoms with Crippen LogP contribution in [0.1, 0.15) is 30.6 Å². The van der Waals surface area contributed by atoms with E-state index in [9.17, 15) is 9.59 Å².